The highest BCUT2D eigenvalue weighted by Gasteiger charge is 2.21. The van der Waals surface area contributed by atoms with Gasteiger partial charge in [-0.3, -0.25) is 9.69 Å². The van der Waals surface area contributed by atoms with Crippen LogP contribution < -0.4 is 20.7 Å². The van der Waals surface area contributed by atoms with E-state index >= 15 is 0 Å². The molecule has 31 heavy (non-hydrogen) atoms. The van der Waals surface area contributed by atoms with E-state index in [1.165, 1.54) is 5.56 Å². The van der Waals surface area contributed by atoms with Crippen LogP contribution in [0.1, 0.15) is 24.8 Å². The zero-order valence-corrected chi connectivity index (χ0v) is 19.1. The van der Waals surface area contributed by atoms with Crippen molar-refractivity contribution >= 4 is 46.2 Å². The van der Waals surface area contributed by atoms with E-state index in [4.69, 9.17) is 27.9 Å². The molecule has 2 aromatic carbocycles. The minimum atomic E-state index is 0.0782. The number of anilines is 2. The SMILES string of the molecule is [NH3+]c1ccc(N2CCN(CCCCOc3ccc4c(c3)NC(=O)CC4)CC2)c(Cl)c1Cl. The van der Waals surface area contributed by atoms with Crippen LogP contribution >= 0.6 is 23.2 Å². The lowest BCUT2D eigenvalue weighted by Crippen LogP contribution is -2.47. The maximum absolute atomic E-state index is 11.6. The second kappa shape index (κ2) is 10.1. The second-order valence-corrected chi connectivity index (χ2v) is 8.88. The molecule has 0 saturated carbocycles. The van der Waals surface area contributed by atoms with Gasteiger partial charge in [0.05, 0.1) is 17.3 Å². The number of halogens is 2. The molecule has 8 heteroatoms. The summed E-state index contributed by atoms with van der Waals surface area (Å²) < 4.78 is 5.90. The Balaban J connectivity index is 1.16. The van der Waals surface area contributed by atoms with E-state index in [0.717, 1.165) is 74.8 Å². The summed E-state index contributed by atoms with van der Waals surface area (Å²) in [7, 11) is 0. The van der Waals surface area contributed by atoms with Crippen molar-refractivity contribution in [1.82, 2.24) is 4.90 Å². The summed E-state index contributed by atoms with van der Waals surface area (Å²) in [5.41, 5.74) is 7.72. The number of piperazine rings is 1. The zero-order valence-electron chi connectivity index (χ0n) is 17.6. The minimum absolute atomic E-state index is 0.0782. The van der Waals surface area contributed by atoms with E-state index in [1.807, 2.05) is 30.3 Å². The number of nitrogens with one attached hydrogen (secondary N) is 1. The van der Waals surface area contributed by atoms with Gasteiger partial charge in [-0.05, 0) is 43.5 Å². The summed E-state index contributed by atoms with van der Waals surface area (Å²) in [5, 5.41) is 4.06. The molecular formula is C23H29Cl2N4O2+. The molecule has 0 unspecified atom stereocenters. The highest BCUT2D eigenvalue weighted by molar-refractivity contribution is 6.45. The molecule has 1 saturated heterocycles. The summed E-state index contributed by atoms with van der Waals surface area (Å²) in [6.07, 6.45) is 3.44. The molecule has 2 aliphatic rings. The van der Waals surface area contributed by atoms with Crippen LogP contribution in [0, 0.1) is 0 Å². The van der Waals surface area contributed by atoms with Gasteiger partial charge in [-0.2, -0.15) is 0 Å². The Kier molecular flexibility index (Phi) is 7.23. The van der Waals surface area contributed by atoms with Crippen LogP contribution in [0.25, 0.3) is 0 Å². The van der Waals surface area contributed by atoms with Crippen molar-refractivity contribution in [3.05, 3.63) is 45.9 Å². The molecule has 0 spiro atoms. The van der Waals surface area contributed by atoms with Gasteiger partial charge in [0.1, 0.15) is 16.5 Å². The number of amides is 1. The molecule has 166 valence electrons. The van der Waals surface area contributed by atoms with Crippen molar-refractivity contribution in [3.8, 4) is 5.75 Å². The number of carbonyl (C=O) groups is 1. The van der Waals surface area contributed by atoms with Crippen molar-refractivity contribution in [2.45, 2.75) is 25.7 Å². The molecule has 0 aliphatic carbocycles. The van der Waals surface area contributed by atoms with Gasteiger partial charge < -0.3 is 20.7 Å². The first-order valence-corrected chi connectivity index (χ1v) is 11.6. The Hall–Kier alpha value is -1.99. The Labute approximate surface area is 193 Å². The van der Waals surface area contributed by atoms with Crippen molar-refractivity contribution in [1.29, 1.82) is 0 Å². The second-order valence-electron chi connectivity index (χ2n) is 8.12. The highest BCUT2D eigenvalue weighted by Crippen LogP contribution is 2.36. The number of ether oxygens (including phenoxy) is 1. The number of unbranched alkanes of at least 4 members (excludes halogenated alkanes) is 1. The smallest absolute Gasteiger partial charge is 0.224 e. The van der Waals surface area contributed by atoms with Gasteiger partial charge in [0.15, 0.2) is 0 Å². The molecule has 6 nitrogen and oxygen atoms in total. The Morgan fingerprint density at radius 3 is 2.61 bits per heavy atom. The molecule has 4 N–H and O–H groups in total. The molecule has 0 bridgehead atoms. The molecule has 1 fully saturated rings. The first-order valence-electron chi connectivity index (χ1n) is 10.8. The van der Waals surface area contributed by atoms with Gasteiger partial charge in [0.2, 0.25) is 5.91 Å². The molecule has 2 heterocycles. The van der Waals surface area contributed by atoms with Crippen LogP contribution in [-0.2, 0) is 11.2 Å². The third kappa shape index (κ3) is 5.44. The Bertz CT molecular complexity index is 945. The van der Waals surface area contributed by atoms with Gasteiger partial charge in [-0.1, -0.05) is 29.3 Å². The van der Waals surface area contributed by atoms with Gasteiger partial charge in [-0.15, -0.1) is 0 Å². The van der Waals surface area contributed by atoms with Gasteiger partial charge in [-0.25, -0.2) is 0 Å². The number of benzene rings is 2. The van der Waals surface area contributed by atoms with Gasteiger partial charge >= 0.3 is 0 Å². The summed E-state index contributed by atoms with van der Waals surface area (Å²) in [6, 6.07) is 9.91. The van der Waals surface area contributed by atoms with E-state index in [-0.39, 0.29) is 5.91 Å². The predicted octanol–water partition coefficient (Wildman–Crippen LogP) is 3.73. The zero-order chi connectivity index (χ0) is 21.8. The minimum Gasteiger partial charge on any atom is -0.494 e. The topological polar surface area (TPSA) is 72.5 Å². The average molecular weight is 464 g/mol. The number of rotatable bonds is 7. The largest absolute Gasteiger partial charge is 0.494 e. The molecule has 0 atom stereocenters. The van der Waals surface area contributed by atoms with Gasteiger partial charge in [0.25, 0.3) is 0 Å². The van der Waals surface area contributed by atoms with Crippen molar-refractivity contribution in [2.24, 2.45) is 0 Å². The lowest BCUT2D eigenvalue weighted by atomic mass is 10.0. The van der Waals surface area contributed by atoms with Crippen LogP contribution in [0.15, 0.2) is 30.3 Å². The summed E-state index contributed by atoms with van der Waals surface area (Å²) in [6.45, 7) is 5.62. The van der Waals surface area contributed by atoms with E-state index in [2.05, 4.69) is 20.9 Å². The Morgan fingerprint density at radius 2 is 1.81 bits per heavy atom. The molecular weight excluding hydrogens is 435 g/mol. The summed E-state index contributed by atoms with van der Waals surface area (Å²) in [4.78, 5) is 16.3. The molecule has 0 aromatic heterocycles. The number of carbonyl (C=O) groups excluding carboxylic acids is 1. The third-order valence-corrected chi connectivity index (χ3v) is 6.88. The fourth-order valence-corrected chi connectivity index (χ4v) is 4.57. The maximum atomic E-state index is 11.6. The quantitative estimate of drug-likeness (QED) is 0.613. The molecule has 0 radical (unpaired) electrons. The van der Waals surface area contributed by atoms with Crippen LogP contribution in [0.2, 0.25) is 10.0 Å². The number of hydrogen-bond donors (Lipinski definition) is 2. The monoisotopic (exact) mass is 463 g/mol. The number of quaternary nitrogens is 1. The third-order valence-electron chi connectivity index (χ3n) is 5.97. The van der Waals surface area contributed by atoms with Crippen LogP contribution in [0.3, 0.4) is 0 Å². The first-order chi connectivity index (χ1) is 15.0. The fraction of sp³-hybridized carbons (Fsp3) is 0.435. The molecule has 2 aromatic rings. The molecule has 4 rings (SSSR count). The number of nitrogens with zero attached hydrogens (tertiary/aromatic N) is 2. The normalized spacial score (nSPS) is 16.7. The fourth-order valence-electron chi connectivity index (χ4n) is 4.10. The Morgan fingerprint density at radius 1 is 1.00 bits per heavy atom. The lowest BCUT2D eigenvalue weighted by Gasteiger charge is -2.36. The predicted molar refractivity (Wildman–Crippen MR) is 126 cm³/mol. The molecule has 1 amide bonds. The number of fused-ring (bicyclic) bond motifs is 1. The van der Waals surface area contributed by atoms with Crippen molar-refractivity contribution in [2.75, 3.05) is 49.5 Å². The van der Waals surface area contributed by atoms with E-state index < -0.39 is 0 Å². The highest BCUT2D eigenvalue weighted by atomic mass is 35.5. The van der Waals surface area contributed by atoms with Crippen LogP contribution in [-0.4, -0.2) is 50.1 Å². The lowest BCUT2D eigenvalue weighted by molar-refractivity contribution is -0.254. The summed E-state index contributed by atoms with van der Waals surface area (Å²) in [5.74, 6) is 0.896. The van der Waals surface area contributed by atoms with E-state index in [1.54, 1.807) is 0 Å². The van der Waals surface area contributed by atoms with E-state index in [9.17, 15) is 4.79 Å². The van der Waals surface area contributed by atoms with Crippen LogP contribution in [0.5, 0.6) is 5.75 Å². The first kappa shape index (κ1) is 22.2. The number of aryl methyl sites for hydroxylation is 1. The van der Waals surface area contributed by atoms with Crippen molar-refractivity contribution < 1.29 is 15.3 Å². The van der Waals surface area contributed by atoms with Gasteiger partial charge in [0, 0.05) is 50.4 Å². The summed E-state index contributed by atoms with van der Waals surface area (Å²) >= 11 is 12.7. The van der Waals surface area contributed by atoms with E-state index in [0.29, 0.717) is 23.1 Å². The standard InChI is InChI=1S/C23H28Cl2N4O2/c24-22-18(26)6-7-20(23(22)25)29-12-10-28(11-13-29)9-1-2-14-31-17-5-3-16-4-8-21(30)27-19(16)15-17/h3,5-7,15H,1-2,4,8-14,26H2,(H,27,30)/p+1. The molecule has 2 aliphatic heterocycles. The maximum Gasteiger partial charge on any atom is 0.224 e. The number of hydrogen-bond acceptors (Lipinski definition) is 4. The average Bonchev–Trinajstić information content (AvgIpc) is 2.78. The van der Waals surface area contributed by atoms with Crippen molar-refractivity contribution in [3.63, 3.8) is 0 Å². The van der Waals surface area contributed by atoms with Crippen LogP contribution in [0.4, 0.5) is 17.1 Å².